The molecule has 4 rings (SSSR count). The summed E-state index contributed by atoms with van der Waals surface area (Å²) in [4.78, 5) is 20.6. The van der Waals surface area contributed by atoms with Gasteiger partial charge in [0.2, 0.25) is 0 Å². The van der Waals surface area contributed by atoms with Gasteiger partial charge in [-0.25, -0.2) is 13.6 Å². The van der Waals surface area contributed by atoms with Crippen LogP contribution in [-0.2, 0) is 9.71 Å². The van der Waals surface area contributed by atoms with E-state index < -0.39 is 21.3 Å². The average Bonchev–Trinajstić information content (AvgIpc) is 3.18. The van der Waals surface area contributed by atoms with Crippen molar-refractivity contribution in [1.29, 1.82) is 0 Å². The molecule has 0 aliphatic rings. The molecule has 32 heavy (non-hydrogen) atoms. The Hall–Kier alpha value is -3.16. The monoisotopic (exact) mass is 469 g/mol. The number of carbonyl (C=O) groups is 1. The van der Waals surface area contributed by atoms with E-state index in [4.69, 9.17) is 11.6 Å². The number of anilines is 1. The van der Waals surface area contributed by atoms with Crippen molar-refractivity contribution in [3.63, 3.8) is 0 Å². The molecule has 2 aromatic heterocycles. The fourth-order valence-corrected chi connectivity index (χ4v) is 4.94. The molecule has 0 aliphatic heterocycles. The van der Waals surface area contributed by atoms with Gasteiger partial charge in [-0.3, -0.25) is 4.79 Å². The van der Waals surface area contributed by atoms with Gasteiger partial charge >= 0.3 is 0 Å². The highest BCUT2D eigenvalue weighted by molar-refractivity contribution is 8.01. The zero-order valence-corrected chi connectivity index (χ0v) is 18.9. The molecular weight excluding hydrogens is 449 g/mol. The van der Waals surface area contributed by atoms with Crippen LogP contribution >= 0.6 is 11.6 Å². The number of ketones is 1. The fraction of sp³-hybridized carbons (Fsp3) is 0.125. The van der Waals surface area contributed by atoms with Crippen LogP contribution < -0.4 is 4.72 Å². The summed E-state index contributed by atoms with van der Waals surface area (Å²) >= 11 is 5.97. The standard InChI is InChI=1S/C24H21ClFN3O2S/c1-3-10-32(2,31)29-18-8-9-22(26)20(12-18)23(30)21-14-28-24-19(21)11-16(13-27-24)15-4-6-17(25)7-5-15/h4-9,11-14H,2-3,10H2,1H3,(H,27,28)(H,29,31). The van der Waals surface area contributed by atoms with Gasteiger partial charge in [0.15, 0.2) is 5.78 Å². The second-order valence-corrected chi connectivity index (χ2v) is 10.1. The van der Waals surface area contributed by atoms with Crippen LogP contribution in [0.4, 0.5) is 10.1 Å². The van der Waals surface area contributed by atoms with Crippen molar-refractivity contribution >= 4 is 49.7 Å². The number of hydrogen-bond donors (Lipinski definition) is 2. The molecule has 2 heterocycles. The number of nitrogens with zero attached hydrogens (tertiary/aromatic N) is 1. The Kier molecular flexibility index (Phi) is 6.04. The molecule has 8 heteroatoms. The van der Waals surface area contributed by atoms with Crippen molar-refractivity contribution in [3.8, 4) is 11.1 Å². The van der Waals surface area contributed by atoms with Gasteiger partial charge in [-0.05, 0) is 54.3 Å². The number of H-pyrrole nitrogens is 1. The van der Waals surface area contributed by atoms with Crippen LogP contribution in [0.1, 0.15) is 29.3 Å². The third-order valence-corrected chi connectivity index (χ3v) is 6.93. The van der Waals surface area contributed by atoms with Crippen LogP contribution in [0.2, 0.25) is 5.02 Å². The summed E-state index contributed by atoms with van der Waals surface area (Å²) in [6.07, 6.45) is 3.90. The predicted octanol–water partition coefficient (Wildman–Crippen LogP) is 5.71. The molecule has 164 valence electrons. The Bertz CT molecular complexity index is 1410. The van der Waals surface area contributed by atoms with Crippen molar-refractivity contribution in [2.24, 2.45) is 0 Å². The molecule has 5 nitrogen and oxygen atoms in total. The van der Waals surface area contributed by atoms with E-state index in [1.807, 2.05) is 25.1 Å². The Morgan fingerprint density at radius 2 is 1.91 bits per heavy atom. The number of carbonyl (C=O) groups excluding carboxylic acids is 1. The molecule has 0 spiro atoms. The van der Waals surface area contributed by atoms with Crippen molar-refractivity contribution in [2.45, 2.75) is 13.3 Å². The molecule has 0 saturated carbocycles. The summed E-state index contributed by atoms with van der Waals surface area (Å²) in [5.74, 6) is 2.91. The second kappa shape index (κ2) is 8.76. The van der Waals surface area contributed by atoms with E-state index in [0.717, 1.165) is 11.1 Å². The molecule has 1 atom stereocenters. The summed E-state index contributed by atoms with van der Waals surface area (Å²) in [6, 6.07) is 13.1. The summed E-state index contributed by atoms with van der Waals surface area (Å²) < 4.78 is 29.9. The first-order valence-electron chi connectivity index (χ1n) is 9.97. The number of pyridine rings is 1. The van der Waals surface area contributed by atoms with Crippen molar-refractivity contribution in [2.75, 3.05) is 10.5 Å². The molecule has 0 amide bonds. The number of hydrogen-bond acceptors (Lipinski definition) is 3. The van der Waals surface area contributed by atoms with Gasteiger partial charge in [0.25, 0.3) is 0 Å². The second-order valence-electron chi connectivity index (χ2n) is 7.47. The molecular formula is C24H21ClFN3O2S. The number of benzene rings is 2. The molecule has 4 aromatic rings. The molecule has 0 radical (unpaired) electrons. The van der Waals surface area contributed by atoms with Gasteiger partial charge < -0.3 is 9.71 Å². The number of halogens is 2. The highest BCUT2D eigenvalue weighted by Crippen LogP contribution is 2.28. The Morgan fingerprint density at radius 1 is 1.16 bits per heavy atom. The predicted molar refractivity (Wildman–Crippen MR) is 130 cm³/mol. The lowest BCUT2D eigenvalue weighted by molar-refractivity contribution is 0.103. The van der Waals surface area contributed by atoms with Crippen molar-refractivity contribution in [3.05, 3.63) is 82.9 Å². The number of aromatic amines is 1. The van der Waals surface area contributed by atoms with Crippen LogP contribution in [0, 0.1) is 5.82 Å². The van der Waals surface area contributed by atoms with Crippen molar-refractivity contribution < 1.29 is 13.4 Å². The molecule has 0 aliphatic carbocycles. The first-order chi connectivity index (χ1) is 15.3. The average molecular weight is 470 g/mol. The highest BCUT2D eigenvalue weighted by Gasteiger charge is 2.20. The third kappa shape index (κ3) is 4.54. The molecule has 0 saturated heterocycles. The van der Waals surface area contributed by atoms with E-state index in [1.165, 1.54) is 24.4 Å². The van der Waals surface area contributed by atoms with Gasteiger partial charge in [0, 0.05) is 55.1 Å². The fourth-order valence-electron chi connectivity index (χ4n) is 3.49. The maximum absolute atomic E-state index is 14.6. The van der Waals surface area contributed by atoms with E-state index in [0.29, 0.717) is 39.5 Å². The summed E-state index contributed by atoms with van der Waals surface area (Å²) in [7, 11) is -2.58. The largest absolute Gasteiger partial charge is 0.345 e. The zero-order valence-electron chi connectivity index (χ0n) is 17.3. The lowest BCUT2D eigenvalue weighted by Crippen LogP contribution is -2.16. The van der Waals surface area contributed by atoms with E-state index in [-0.39, 0.29) is 5.56 Å². The number of rotatable bonds is 7. The first kappa shape index (κ1) is 22.0. The third-order valence-electron chi connectivity index (χ3n) is 5.00. The molecule has 2 N–H and O–H groups in total. The number of aromatic nitrogens is 2. The summed E-state index contributed by atoms with van der Waals surface area (Å²) in [5, 5.41) is 1.20. The topological polar surface area (TPSA) is 74.8 Å². The van der Waals surface area contributed by atoms with E-state index in [2.05, 4.69) is 20.6 Å². The quantitative estimate of drug-likeness (QED) is 0.269. The van der Waals surface area contributed by atoms with Gasteiger partial charge in [-0.1, -0.05) is 30.7 Å². The highest BCUT2D eigenvalue weighted by atomic mass is 35.5. The SMILES string of the molecule is C=S(=O)(CCC)Nc1ccc(F)c(C(=O)c2c[nH]c3ncc(-c4ccc(Cl)cc4)cc23)c1. The molecule has 0 fully saturated rings. The zero-order chi connectivity index (χ0) is 22.9. The van der Waals surface area contributed by atoms with E-state index in [1.54, 1.807) is 18.3 Å². The minimum atomic E-state index is -2.58. The lowest BCUT2D eigenvalue weighted by Gasteiger charge is -2.13. The maximum Gasteiger partial charge on any atom is 0.198 e. The van der Waals surface area contributed by atoms with E-state index >= 15 is 0 Å². The number of fused-ring (bicyclic) bond motifs is 1. The smallest absolute Gasteiger partial charge is 0.198 e. The summed E-state index contributed by atoms with van der Waals surface area (Å²) in [5.41, 5.74) is 2.76. The number of nitrogens with one attached hydrogen (secondary N) is 2. The molecule has 0 bridgehead atoms. The maximum atomic E-state index is 14.6. The van der Waals surface area contributed by atoms with Gasteiger partial charge in [0.05, 0.1) is 5.56 Å². The minimum absolute atomic E-state index is 0.125. The summed E-state index contributed by atoms with van der Waals surface area (Å²) in [6.45, 7) is 1.90. The normalized spacial score (nSPS) is 13.1. The van der Waals surface area contributed by atoms with Crippen LogP contribution in [0.5, 0.6) is 0 Å². The van der Waals surface area contributed by atoms with Gasteiger partial charge in [0.1, 0.15) is 11.5 Å². The molecule has 1 unspecified atom stereocenters. The Morgan fingerprint density at radius 3 is 2.62 bits per heavy atom. The minimum Gasteiger partial charge on any atom is -0.345 e. The first-order valence-corrected chi connectivity index (χ1v) is 12.2. The Labute approximate surface area is 190 Å². The lowest BCUT2D eigenvalue weighted by atomic mass is 10.0. The van der Waals surface area contributed by atoms with Crippen LogP contribution in [0.15, 0.2) is 60.9 Å². The van der Waals surface area contributed by atoms with Gasteiger partial charge in [-0.2, -0.15) is 0 Å². The van der Waals surface area contributed by atoms with Crippen LogP contribution in [-0.4, -0.2) is 31.6 Å². The van der Waals surface area contributed by atoms with Crippen molar-refractivity contribution in [1.82, 2.24) is 9.97 Å². The van der Waals surface area contributed by atoms with Crippen LogP contribution in [0.25, 0.3) is 22.2 Å². The van der Waals surface area contributed by atoms with Gasteiger partial charge in [-0.15, -0.1) is 0 Å². The molecule has 2 aromatic carbocycles. The van der Waals surface area contributed by atoms with E-state index in [9.17, 15) is 13.4 Å². The Balaban J connectivity index is 1.73. The van der Waals surface area contributed by atoms with Crippen LogP contribution in [0.3, 0.4) is 0 Å².